The fourth-order valence-corrected chi connectivity index (χ4v) is 4.78. The van der Waals surface area contributed by atoms with Gasteiger partial charge >= 0.3 is 11.7 Å². The second-order valence-corrected chi connectivity index (χ2v) is 10.4. The molecule has 2 aromatic carbocycles. The molecule has 0 bridgehead atoms. The van der Waals surface area contributed by atoms with E-state index in [9.17, 15) is 29.1 Å². The van der Waals surface area contributed by atoms with Crippen molar-refractivity contribution in [2.75, 3.05) is 12.0 Å². The first-order chi connectivity index (χ1) is 18.7. The largest absolute Gasteiger partial charge is 0.480 e. The zero-order chi connectivity index (χ0) is 28.5. The summed E-state index contributed by atoms with van der Waals surface area (Å²) in [7, 11) is 0. The van der Waals surface area contributed by atoms with Crippen molar-refractivity contribution in [3.8, 4) is 0 Å². The summed E-state index contributed by atoms with van der Waals surface area (Å²) < 4.78 is 0.882. The molecule has 11 heteroatoms. The van der Waals surface area contributed by atoms with Gasteiger partial charge in [0, 0.05) is 6.42 Å². The summed E-state index contributed by atoms with van der Waals surface area (Å²) in [4.78, 5) is 67.9. The lowest BCUT2D eigenvalue weighted by atomic mass is 9.98. The van der Waals surface area contributed by atoms with Crippen molar-refractivity contribution in [2.24, 2.45) is 5.92 Å². The van der Waals surface area contributed by atoms with Crippen molar-refractivity contribution in [2.45, 2.75) is 51.2 Å². The third-order valence-corrected chi connectivity index (χ3v) is 7.39. The highest BCUT2D eigenvalue weighted by atomic mass is 32.2. The van der Waals surface area contributed by atoms with Crippen LogP contribution in [0.4, 0.5) is 0 Å². The zero-order valence-corrected chi connectivity index (χ0v) is 23.0. The third-order valence-electron chi connectivity index (χ3n) is 6.74. The number of aliphatic carboxylic acids is 1. The standard InChI is InChI=1S/C28H34N4O6S/c1-4-17(2)23(27(36)37)31-24(33)21(14-15-39-3)29-25(34)22(16-18-10-6-5-7-11-18)32-26(35)19-12-8-9-13-20(19)30-28(32)38/h5-13,17,21-23H,4,14-16H2,1-3H3,(H,29,34)(H,30,38)(H,31,33)(H,36,37). The summed E-state index contributed by atoms with van der Waals surface area (Å²) in [5.74, 6) is -2.31. The minimum Gasteiger partial charge on any atom is -0.480 e. The molecular weight excluding hydrogens is 520 g/mol. The number of benzene rings is 2. The first kappa shape index (κ1) is 29.7. The van der Waals surface area contributed by atoms with Crippen LogP contribution in [-0.2, 0) is 20.8 Å². The molecule has 0 radical (unpaired) electrons. The van der Waals surface area contributed by atoms with Crippen LogP contribution in [0.1, 0.15) is 38.3 Å². The van der Waals surface area contributed by atoms with Gasteiger partial charge in [0.05, 0.1) is 10.9 Å². The summed E-state index contributed by atoms with van der Waals surface area (Å²) >= 11 is 1.47. The summed E-state index contributed by atoms with van der Waals surface area (Å²) in [6.07, 6.45) is 2.64. The van der Waals surface area contributed by atoms with Crippen molar-refractivity contribution in [3.05, 3.63) is 81.0 Å². The number of carbonyl (C=O) groups is 3. The van der Waals surface area contributed by atoms with Crippen molar-refractivity contribution >= 4 is 40.4 Å². The Morgan fingerprint density at radius 2 is 1.67 bits per heavy atom. The Kier molecular flexibility index (Phi) is 10.5. The van der Waals surface area contributed by atoms with Gasteiger partial charge in [-0.05, 0) is 42.0 Å². The summed E-state index contributed by atoms with van der Waals surface area (Å²) in [6.45, 7) is 3.55. The number of carbonyl (C=O) groups excluding carboxylic acids is 2. The van der Waals surface area contributed by atoms with E-state index >= 15 is 0 Å². The number of aromatic nitrogens is 2. The fourth-order valence-electron chi connectivity index (χ4n) is 4.31. The van der Waals surface area contributed by atoms with Crippen LogP contribution in [0, 0.1) is 5.92 Å². The number of carboxylic acid groups (broad SMARTS) is 1. The Labute approximate surface area is 230 Å². The average molecular weight is 555 g/mol. The van der Waals surface area contributed by atoms with Crippen LogP contribution < -0.4 is 21.9 Å². The second kappa shape index (κ2) is 13.8. The highest BCUT2D eigenvalue weighted by Crippen LogP contribution is 2.15. The van der Waals surface area contributed by atoms with Gasteiger partial charge < -0.3 is 20.7 Å². The number of carboxylic acids is 1. The molecule has 2 amide bonds. The minimum absolute atomic E-state index is 0.0233. The summed E-state index contributed by atoms with van der Waals surface area (Å²) in [5, 5.41) is 15.1. The molecular formula is C28H34N4O6S. The lowest BCUT2D eigenvalue weighted by Crippen LogP contribution is -2.55. The molecule has 0 saturated heterocycles. The number of rotatable bonds is 13. The maximum atomic E-state index is 13.7. The van der Waals surface area contributed by atoms with E-state index in [0.29, 0.717) is 23.3 Å². The molecule has 0 aliphatic rings. The van der Waals surface area contributed by atoms with Gasteiger partial charge in [-0.1, -0.05) is 62.7 Å². The summed E-state index contributed by atoms with van der Waals surface area (Å²) in [5.41, 5.74) is -0.310. The fraction of sp³-hybridized carbons (Fsp3) is 0.393. The van der Waals surface area contributed by atoms with Gasteiger partial charge in [0.2, 0.25) is 11.8 Å². The smallest absolute Gasteiger partial charge is 0.329 e. The first-order valence-corrected chi connectivity index (χ1v) is 14.2. The lowest BCUT2D eigenvalue weighted by molar-refractivity contribution is -0.143. The number of thioether (sulfide) groups is 1. The predicted octanol–water partition coefficient (Wildman–Crippen LogP) is 2.33. The molecule has 4 unspecified atom stereocenters. The minimum atomic E-state index is -1.26. The number of nitrogens with zero attached hydrogens (tertiary/aromatic N) is 1. The van der Waals surface area contributed by atoms with Crippen LogP contribution in [0.5, 0.6) is 0 Å². The van der Waals surface area contributed by atoms with Crippen LogP contribution in [0.25, 0.3) is 10.9 Å². The number of nitrogens with one attached hydrogen (secondary N) is 3. The normalized spacial score (nSPS) is 14.2. The zero-order valence-electron chi connectivity index (χ0n) is 22.2. The number of hydrogen-bond donors (Lipinski definition) is 4. The topological polar surface area (TPSA) is 150 Å². The molecule has 4 atom stereocenters. The van der Waals surface area contributed by atoms with Gasteiger partial charge in [0.1, 0.15) is 18.1 Å². The molecule has 4 N–H and O–H groups in total. The number of fused-ring (bicyclic) bond motifs is 1. The Balaban J connectivity index is 2.00. The molecule has 0 aliphatic heterocycles. The van der Waals surface area contributed by atoms with E-state index in [0.717, 1.165) is 4.57 Å². The Bertz CT molecular complexity index is 1420. The van der Waals surface area contributed by atoms with E-state index in [1.165, 1.54) is 11.8 Å². The van der Waals surface area contributed by atoms with Gasteiger partial charge in [-0.2, -0.15) is 11.8 Å². The quantitative estimate of drug-likeness (QED) is 0.253. The van der Waals surface area contributed by atoms with Gasteiger partial charge in [-0.25, -0.2) is 14.2 Å². The molecule has 0 fully saturated rings. The van der Waals surface area contributed by atoms with Gasteiger partial charge in [-0.3, -0.25) is 14.4 Å². The molecule has 208 valence electrons. The number of amides is 2. The van der Waals surface area contributed by atoms with Crippen molar-refractivity contribution < 1.29 is 19.5 Å². The second-order valence-electron chi connectivity index (χ2n) is 9.41. The highest BCUT2D eigenvalue weighted by molar-refractivity contribution is 7.98. The van der Waals surface area contributed by atoms with E-state index < -0.39 is 47.2 Å². The predicted molar refractivity (Wildman–Crippen MR) is 152 cm³/mol. The lowest BCUT2D eigenvalue weighted by Gasteiger charge is -2.26. The Morgan fingerprint density at radius 1 is 1.00 bits per heavy atom. The molecule has 0 spiro atoms. The maximum Gasteiger partial charge on any atom is 0.329 e. The summed E-state index contributed by atoms with van der Waals surface area (Å²) in [6, 6.07) is 12.0. The van der Waals surface area contributed by atoms with Crippen molar-refractivity contribution in [3.63, 3.8) is 0 Å². The van der Waals surface area contributed by atoms with Gasteiger partial charge in [0.25, 0.3) is 5.56 Å². The molecule has 3 rings (SSSR count). The molecule has 0 saturated carbocycles. The average Bonchev–Trinajstić information content (AvgIpc) is 2.93. The van der Waals surface area contributed by atoms with Gasteiger partial charge in [-0.15, -0.1) is 0 Å². The number of H-pyrrole nitrogens is 1. The van der Waals surface area contributed by atoms with Crippen LogP contribution in [0.2, 0.25) is 0 Å². The molecule has 39 heavy (non-hydrogen) atoms. The van der Waals surface area contributed by atoms with E-state index in [-0.39, 0.29) is 24.1 Å². The van der Waals surface area contributed by atoms with Crippen LogP contribution in [0.15, 0.2) is 64.2 Å². The monoisotopic (exact) mass is 554 g/mol. The van der Waals surface area contributed by atoms with Crippen molar-refractivity contribution in [1.82, 2.24) is 20.2 Å². The number of aromatic amines is 1. The molecule has 3 aromatic rings. The Morgan fingerprint density at radius 3 is 2.31 bits per heavy atom. The van der Waals surface area contributed by atoms with Crippen molar-refractivity contribution in [1.29, 1.82) is 0 Å². The van der Waals surface area contributed by atoms with E-state index in [1.807, 2.05) is 19.2 Å². The number of para-hydroxylation sites is 1. The van der Waals surface area contributed by atoms with Crippen LogP contribution in [-0.4, -0.2) is 56.5 Å². The molecule has 1 aromatic heterocycles. The van der Waals surface area contributed by atoms with E-state index in [4.69, 9.17) is 0 Å². The number of hydrogen-bond acceptors (Lipinski definition) is 6. The highest BCUT2D eigenvalue weighted by Gasteiger charge is 2.32. The first-order valence-electron chi connectivity index (χ1n) is 12.8. The van der Waals surface area contributed by atoms with Crippen LogP contribution >= 0.6 is 11.8 Å². The molecule has 1 heterocycles. The van der Waals surface area contributed by atoms with Gasteiger partial charge in [0.15, 0.2) is 0 Å². The SMILES string of the molecule is CCC(C)C(NC(=O)C(CCSC)NC(=O)C(Cc1ccccc1)n1c(=O)[nH]c2ccccc2c1=O)C(=O)O. The van der Waals surface area contributed by atoms with Crippen LogP contribution in [0.3, 0.4) is 0 Å². The molecule has 0 aliphatic carbocycles. The Hall–Kier alpha value is -3.86. The van der Waals surface area contributed by atoms with E-state index in [1.54, 1.807) is 55.5 Å². The van der Waals surface area contributed by atoms with E-state index in [2.05, 4.69) is 15.6 Å². The third kappa shape index (κ3) is 7.38. The maximum absolute atomic E-state index is 13.7. The molecule has 10 nitrogen and oxygen atoms in total.